The highest BCUT2D eigenvalue weighted by Gasteiger charge is 2.05. The molecule has 0 saturated heterocycles. The zero-order valence-corrected chi connectivity index (χ0v) is 15.1. The zero-order chi connectivity index (χ0) is 13.7. The van der Waals surface area contributed by atoms with Gasteiger partial charge in [0.25, 0.3) is 0 Å². The highest BCUT2D eigenvalue weighted by Crippen LogP contribution is 2.26. The Hall–Kier alpha value is -0.810. The van der Waals surface area contributed by atoms with E-state index in [2.05, 4.69) is 46.9 Å². The molecule has 0 radical (unpaired) electrons. The number of hydrogen-bond acceptors (Lipinski definition) is 4. The van der Waals surface area contributed by atoms with Crippen molar-refractivity contribution in [2.75, 3.05) is 25.5 Å². The summed E-state index contributed by atoms with van der Waals surface area (Å²) in [5.74, 6) is 0. The second-order valence-corrected chi connectivity index (χ2v) is 5.62. The van der Waals surface area contributed by atoms with E-state index >= 15 is 0 Å². The zero-order valence-electron chi connectivity index (χ0n) is 12.6. The van der Waals surface area contributed by atoms with Crippen molar-refractivity contribution in [3.8, 4) is 11.3 Å². The Kier molecular flexibility index (Phi) is 9.62. The van der Waals surface area contributed by atoms with Crippen molar-refractivity contribution < 1.29 is 0 Å². The molecular formula is C15H23Cl2N3S. The maximum absolute atomic E-state index is 4.61. The van der Waals surface area contributed by atoms with Gasteiger partial charge in [-0.15, -0.1) is 36.2 Å². The standard InChI is InChI=1S/C15H21N3S.2ClH/c1-4-9-16-10-12-5-7-13(8-6-12)14-11-19-15(17-14)18(2)3;;/h5-8,11,16H,4,9-10H2,1-3H3;2*1H. The summed E-state index contributed by atoms with van der Waals surface area (Å²) in [6.07, 6.45) is 1.17. The summed E-state index contributed by atoms with van der Waals surface area (Å²) in [5, 5.41) is 6.57. The van der Waals surface area contributed by atoms with Gasteiger partial charge in [-0.05, 0) is 18.5 Å². The Labute approximate surface area is 143 Å². The molecule has 0 aliphatic rings. The summed E-state index contributed by atoms with van der Waals surface area (Å²) in [6, 6.07) is 8.65. The third-order valence-corrected chi connectivity index (χ3v) is 3.89. The summed E-state index contributed by atoms with van der Waals surface area (Å²) in [6.45, 7) is 4.19. The van der Waals surface area contributed by atoms with E-state index in [0.29, 0.717) is 0 Å². The number of thiazole rings is 1. The Morgan fingerprint density at radius 1 is 1.14 bits per heavy atom. The molecule has 3 nitrogen and oxygen atoms in total. The third-order valence-electron chi connectivity index (χ3n) is 2.88. The molecule has 0 spiro atoms. The first kappa shape index (κ1) is 20.2. The van der Waals surface area contributed by atoms with E-state index < -0.39 is 0 Å². The van der Waals surface area contributed by atoms with Crippen LogP contribution in [0.2, 0.25) is 0 Å². The van der Waals surface area contributed by atoms with E-state index in [9.17, 15) is 0 Å². The van der Waals surface area contributed by atoms with Crippen molar-refractivity contribution in [3.05, 3.63) is 35.2 Å². The van der Waals surface area contributed by atoms with Crippen LogP contribution in [0, 0.1) is 0 Å². The van der Waals surface area contributed by atoms with Gasteiger partial charge in [-0.2, -0.15) is 0 Å². The quantitative estimate of drug-likeness (QED) is 0.793. The van der Waals surface area contributed by atoms with Gasteiger partial charge in [0.15, 0.2) is 5.13 Å². The number of nitrogens with one attached hydrogen (secondary N) is 1. The molecule has 1 heterocycles. The van der Waals surface area contributed by atoms with E-state index in [1.54, 1.807) is 11.3 Å². The van der Waals surface area contributed by atoms with Gasteiger partial charge < -0.3 is 10.2 Å². The van der Waals surface area contributed by atoms with Gasteiger partial charge in [0.2, 0.25) is 0 Å². The number of halogens is 2. The molecule has 2 rings (SSSR count). The molecule has 0 aliphatic heterocycles. The van der Waals surface area contributed by atoms with E-state index in [4.69, 9.17) is 0 Å². The maximum Gasteiger partial charge on any atom is 0.185 e. The van der Waals surface area contributed by atoms with Crippen molar-refractivity contribution in [2.24, 2.45) is 0 Å². The summed E-state index contributed by atoms with van der Waals surface area (Å²) in [4.78, 5) is 6.65. The fraction of sp³-hybridized carbons (Fsp3) is 0.400. The van der Waals surface area contributed by atoms with Crippen LogP contribution in [0.5, 0.6) is 0 Å². The molecule has 0 atom stereocenters. The summed E-state index contributed by atoms with van der Waals surface area (Å²) in [5.41, 5.74) is 3.56. The first-order chi connectivity index (χ1) is 9.20. The van der Waals surface area contributed by atoms with Crippen LogP contribution in [0.3, 0.4) is 0 Å². The average Bonchev–Trinajstić information content (AvgIpc) is 2.90. The van der Waals surface area contributed by atoms with Crippen molar-refractivity contribution in [2.45, 2.75) is 19.9 Å². The number of anilines is 1. The molecule has 2 aromatic rings. The number of nitrogens with zero attached hydrogens (tertiary/aromatic N) is 2. The van der Waals surface area contributed by atoms with Gasteiger partial charge in [-0.25, -0.2) is 4.98 Å². The van der Waals surface area contributed by atoms with Crippen LogP contribution in [0.25, 0.3) is 11.3 Å². The fourth-order valence-electron chi connectivity index (χ4n) is 1.81. The van der Waals surface area contributed by atoms with Gasteiger partial charge in [0, 0.05) is 31.6 Å². The smallest absolute Gasteiger partial charge is 0.185 e. The van der Waals surface area contributed by atoms with Gasteiger partial charge in [-0.1, -0.05) is 31.2 Å². The Morgan fingerprint density at radius 2 is 1.81 bits per heavy atom. The third kappa shape index (κ3) is 5.83. The van der Waals surface area contributed by atoms with Crippen LogP contribution in [-0.2, 0) is 6.54 Å². The molecule has 0 saturated carbocycles. The average molecular weight is 348 g/mol. The van der Waals surface area contributed by atoms with Crippen molar-refractivity contribution >= 4 is 41.3 Å². The molecule has 0 aliphatic carbocycles. The van der Waals surface area contributed by atoms with Crippen molar-refractivity contribution in [1.82, 2.24) is 10.3 Å². The first-order valence-corrected chi connectivity index (χ1v) is 7.51. The molecule has 118 valence electrons. The minimum absolute atomic E-state index is 0. The molecule has 1 N–H and O–H groups in total. The molecule has 6 heteroatoms. The molecule has 1 aromatic carbocycles. The Bertz CT molecular complexity index is 512. The molecule has 0 bridgehead atoms. The van der Waals surface area contributed by atoms with E-state index in [-0.39, 0.29) is 24.8 Å². The molecule has 1 aromatic heterocycles. The highest BCUT2D eigenvalue weighted by atomic mass is 35.5. The van der Waals surface area contributed by atoms with Crippen LogP contribution in [-0.4, -0.2) is 25.6 Å². The number of hydrogen-bond donors (Lipinski definition) is 1. The normalized spacial score (nSPS) is 9.67. The Balaban J connectivity index is 0.00000200. The van der Waals surface area contributed by atoms with Crippen LogP contribution in [0.15, 0.2) is 29.6 Å². The van der Waals surface area contributed by atoms with Crippen LogP contribution in [0.4, 0.5) is 5.13 Å². The predicted octanol–water partition coefficient (Wildman–Crippen LogP) is 4.22. The Morgan fingerprint density at radius 3 is 2.33 bits per heavy atom. The van der Waals surface area contributed by atoms with Gasteiger partial charge in [0.05, 0.1) is 5.69 Å². The van der Waals surface area contributed by atoms with Gasteiger partial charge >= 0.3 is 0 Å². The predicted molar refractivity (Wildman–Crippen MR) is 98.4 cm³/mol. The number of benzene rings is 1. The largest absolute Gasteiger partial charge is 0.354 e. The second kappa shape index (κ2) is 10.0. The second-order valence-electron chi connectivity index (χ2n) is 4.78. The van der Waals surface area contributed by atoms with Crippen LogP contribution in [0.1, 0.15) is 18.9 Å². The first-order valence-electron chi connectivity index (χ1n) is 6.63. The number of rotatable bonds is 6. The molecule has 0 fully saturated rings. The van der Waals surface area contributed by atoms with E-state index in [1.165, 1.54) is 17.5 Å². The van der Waals surface area contributed by atoms with Crippen LogP contribution < -0.4 is 10.2 Å². The fourth-order valence-corrected chi connectivity index (χ4v) is 2.57. The topological polar surface area (TPSA) is 28.2 Å². The monoisotopic (exact) mass is 347 g/mol. The molecular weight excluding hydrogens is 325 g/mol. The SMILES string of the molecule is CCCNCc1ccc(-c2csc(N(C)C)n2)cc1.Cl.Cl. The lowest BCUT2D eigenvalue weighted by Gasteiger charge is -2.06. The lowest BCUT2D eigenvalue weighted by molar-refractivity contribution is 0.675. The van der Waals surface area contributed by atoms with Crippen molar-refractivity contribution in [1.29, 1.82) is 0 Å². The molecule has 0 amide bonds. The summed E-state index contributed by atoms with van der Waals surface area (Å²) < 4.78 is 0. The van der Waals surface area contributed by atoms with Gasteiger partial charge in [0.1, 0.15) is 0 Å². The number of aromatic nitrogens is 1. The minimum atomic E-state index is 0. The lowest BCUT2D eigenvalue weighted by atomic mass is 10.1. The molecule has 21 heavy (non-hydrogen) atoms. The van der Waals surface area contributed by atoms with E-state index in [0.717, 1.165) is 23.9 Å². The summed E-state index contributed by atoms with van der Waals surface area (Å²) >= 11 is 1.68. The maximum atomic E-state index is 4.61. The highest BCUT2D eigenvalue weighted by molar-refractivity contribution is 7.14. The molecule has 0 unspecified atom stereocenters. The lowest BCUT2D eigenvalue weighted by Crippen LogP contribution is -2.13. The van der Waals surface area contributed by atoms with Crippen LogP contribution >= 0.6 is 36.2 Å². The van der Waals surface area contributed by atoms with E-state index in [1.807, 2.05) is 19.0 Å². The summed E-state index contributed by atoms with van der Waals surface area (Å²) in [7, 11) is 4.04. The van der Waals surface area contributed by atoms with Crippen molar-refractivity contribution in [3.63, 3.8) is 0 Å². The van der Waals surface area contributed by atoms with Gasteiger partial charge in [-0.3, -0.25) is 0 Å². The minimum Gasteiger partial charge on any atom is -0.354 e.